The van der Waals surface area contributed by atoms with Gasteiger partial charge in [0.1, 0.15) is 0 Å². The van der Waals surface area contributed by atoms with Gasteiger partial charge in [0.15, 0.2) is 0 Å². The maximum atomic E-state index is 11.0. The van der Waals surface area contributed by atoms with E-state index in [4.69, 9.17) is 4.74 Å². The molecule has 0 radical (unpaired) electrons. The predicted octanol–water partition coefficient (Wildman–Crippen LogP) is 1.64. The fraction of sp³-hybridized carbons (Fsp3) is 0.750. The first-order valence-electron chi connectivity index (χ1n) is 5.76. The number of hydrogen-bond donors (Lipinski definition) is 1. The van der Waals surface area contributed by atoms with Gasteiger partial charge in [0.25, 0.3) is 0 Å². The molecule has 2 fully saturated rings. The zero-order valence-electron chi connectivity index (χ0n) is 9.13. The molecule has 1 amide bonds. The SMILES string of the molecule is C=CC(=O)NCC1CCC2(CCC2)CO1. The second kappa shape index (κ2) is 4.35. The van der Waals surface area contributed by atoms with Gasteiger partial charge in [-0.3, -0.25) is 4.79 Å². The summed E-state index contributed by atoms with van der Waals surface area (Å²) in [5, 5.41) is 2.78. The molecule has 15 heavy (non-hydrogen) atoms. The van der Waals surface area contributed by atoms with Crippen LogP contribution in [0.1, 0.15) is 32.1 Å². The van der Waals surface area contributed by atoms with E-state index in [2.05, 4.69) is 11.9 Å². The van der Waals surface area contributed by atoms with Crippen LogP contribution in [0.25, 0.3) is 0 Å². The predicted molar refractivity (Wildman–Crippen MR) is 58.5 cm³/mol. The first-order valence-corrected chi connectivity index (χ1v) is 5.76. The molecular formula is C12H19NO2. The van der Waals surface area contributed by atoms with Crippen LogP contribution in [-0.2, 0) is 9.53 Å². The van der Waals surface area contributed by atoms with Crippen LogP contribution in [-0.4, -0.2) is 25.2 Å². The molecule has 3 heteroatoms. The normalized spacial score (nSPS) is 28.1. The van der Waals surface area contributed by atoms with Gasteiger partial charge in [0.05, 0.1) is 12.7 Å². The molecule has 1 unspecified atom stereocenters. The molecule has 2 rings (SSSR count). The number of nitrogens with one attached hydrogen (secondary N) is 1. The molecule has 0 aromatic carbocycles. The molecular weight excluding hydrogens is 190 g/mol. The van der Waals surface area contributed by atoms with Gasteiger partial charge >= 0.3 is 0 Å². The highest BCUT2D eigenvalue weighted by Gasteiger charge is 2.40. The minimum atomic E-state index is -0.109. The minimum absolute atomic E-state index is 0.109. The van der Waals surface area contributed by atoms with Crippen LogP contribution in [0.2, 0.25) is 0 Å². The average molecular weight is 209 g/mol. The number of carbonyl (C=O) groups is 1. The number of carbonyl (C=O) groups excluding carboxylic acids is 1. The molecule has 1 saturated heterocycles. The molecule has 1 spiro atoms. The van der Waals surface area contributed by atoms with E-state index in [1.165, 1.54) is 31.8 Å². The summed E-state index contributed by atoms with van der Waals surface area (Å²) in [4.78, 5) is 11.0. The van der Waals surface area contributed by atoms with Gasteiger partial charge in [0, 0.05) is 6.54 Å². The molecule has 1 aliphatic carbocycles. The second-order valence-electron chi connectivity index (χ2n) is 4.77. The third-order valence-electron chi connectivity index (χ3n) is 3.73. The molecule has 1 heterocycles. The van der Waals surface area contributed by atoms with Gasteiger partial charge in [0.2, 0.25) is 5.91 Å². The second-order valence-corrected chi connectivity index (χ2v) is 4.77. The monoisotopic (exact) mass is 209 g/mol. The number of hydrogen-bond acceptors (Lipinski definition) is 2. The van der Waals surface area contributed by atoms with Crippen LogP contribution in [0.4, 0.5) is 0 Å². The minimum Gasteiger partial charge on any atom is -0.376 e. The van der Waals surface area contributed by atoms with Crippen molar-refractivity contribution < 1.29 is 9.53 Å². The van der Waals surface area contributed by atoms with Crippen molar-refractivity contribution in [3.8, 4) is 0 Å². The van der Waals surface area contributed by atoms with Crippen molar-refractivity contribution in [2.45, 2.75) is 38.2 Å². The van der Waals surface area contributed by atoms with Crippen LogP contribution in [0.3, 0.4) is 0 Å². The number of ether oxygens (including phenoxy) is 1. The molecule has 1 aliphatic heterocycles. The lowest BCUT2D eigenvalue weighted by Gasteiger charge is -2.46. The van der Waals surface area contributed by atoms with Crippen LogP contribution < -0.4 is 5.32 Å². The van der Waals surface area contributed by atoms with E-state index in [1.807, 2.05) is 0 Å². The van der Waals surface area contributed by atoms with E-state index in [9.17, 15) is 4.79 Å². The third-order valence-corrected chi connectivity index (χ3v) is 3.73. The van der Waals surface area contributed by atoms with Crippen LogP contribution in [0.5, 0.6) is 0 Å². The van der Waals surface area contributed by atoms with E-state index in [1.54, 1.807) is 0 Å². The first kappa shape index (κ1) is 10.7. The molecule has 0 bridgehead atoms. The van der Waals surface area contributed by atoms with Crippen molar-refractivity contribution in [3.05, 3.63) is 12.7 Å². The summed E-state index contributed by atoms with van der Waals surface area (Å²) in [5.74, 6) is -0.109. The van der Waals surface area contributed by atoms with Gasteiger partial charge in [-0.1, -0.05) is 13.0 Å². The average Bonchev–Trinajstić information content (AvgIpc) is 2.24. The smallest absolute Gasteiger partial charge is 0.243 e. The molecule has 1 saturated carbocycles. The Kier molecular flexibility index (Phi) is 3.10. The number of rotatable bonds is 3. The van der Waals surface area contributed by atoms with Crippen molar-refractivity contribution in [3.63, 3.8) is 0 Å². The Bertz CT molecular complexity index is 248. The van der Waals surface area contributed by atoms with Crippen molar-refractivity contribution in [2.24, 2.45) is 5.41 Å². The van der Waals surface area contributed by atoms with Gasteiger partial charge in [-0.2, -0.15) is 0 Å². The Morgan fingerprint density at radius 1 is 1.53 bits per heavy atom. The molecule has 84 valence electrons. The summed E-state index contributed by atoms with van der Waals surface area (Å²) in [5.41, 5.74) is 0.513. The quantitative estimate of drug-likeness (QED) is 0.718. The zero-order chi connectivity index (χ0) is 10.7. The third kappa shape index (κ3) is 2.40. The van der Waals surface area contributed by atoms with Crippen LogP contribution in [0, 0.1) is 5.41 Å². The topological polar surface area (TPSA) is 38.3 Å². The van der Waals surface area contributed by atoms with Crippen molar-refractivity contribution in [2.75, 3.05) is 13.2 Å². The highest BCUT2D eigenvalue weighted by molar-refractivity contribution is 5.86. The van der Waals surface area contributed by atoms with E-state index >= 15 is 0 Å². The molecule has 3 nitrogen and oxygen atoms in total. The highest BCUT2D eigenvalue weighted by atomic mass is 16.5. The fourth-order valence-corrected chi connectivity index (χ4v) is 2.44. The summed E-state index contributed by atoms with van der Waals surface area (Å²) in [7, 11) is 0. The van der Waals surface area contributed by atoms with Crippen molar-refractivity contribution in [1.82, 2.24) is 5.32 Å². The van der Waals surface area contributed by atoms with E-state index in [0.717, 1.165) is 13.0 Å². The lowest BCUT2D eigenvalue weighted by atomic mass is 9.65. The summed E-state index contributed by atoms with van der Waals surface area (Å²) in [6.45, 7) is 4.93. The van der Waals surface area contributed by atoms with E-state index in [-0.39, 0.29) is 12.0 Å². The molecule has 2 aliphatic rings. The Hall–Kier alpha value is -0.830. The summed E-state index contributed by atoms with van der Waals surface area (Å²) >= 11 is 0. The van der Waals surface area contributed by atoms with Gasteiger partial charge in [-0.05, 0) is 37.2 Å². The van der Waals surface area contributed by atoms with Gasteiger partial charge in [-0.25, -0.2) is 0 Å². The maximum Gasteiger partial charge on any atom is 0.243 e. The van der Waals surface area contributed by atoms with E-state index in [0.29, 0.717) is 12.0 Å². The van der Waals surface area contributed by atoms with Gasteiger partial charge in [-0.15, -0.1) is 0 Å². The highest BCUT2D eigenvalue weighted by Crippen LogP contribution is 2.47. The maximum absolute atomic E-state index is 11.0. The fourth-order valence-electron chi connectivity index (χ4n) is 2.44. The lowest BCUT2D eigenvalue weighted by Crippen LogP contribution is -2.44. The Morgan fingerprint density at radius 3 is 2.80 bits per heavy atom. The van der Waals surface area contributed by atoms with E-state index < -0.39 is 0 Å². The largest absolute Gasteiger partial charge is 0.376 e. The summed E-state index contributed by atoms with van der Waals surface area (Å²) in [6.07, 6.45) is 7.88. The first-order chi connectivity index (χ1) is 7.24. The molecule has 1 N–H and O–H groups in total. The Labute approximate surface area is 90.9 Å². The molecule has 0 aromatic rings. The molecule has 1 atom stereocenters. The lowest BCUT2D eigenvalue weighted by molar-refractivity contribution is -0.119. The van der Waals surface area contributed by atoms with Crippen LogP contribution in [0.15, 0.2) is 12.7 Å². The van der Waals surface area contributed by atoms with Crippen molar-refractivity contribution >= 4 is 5.91 Å². The number of amides is 1. The Balaban J connectivity index is 1.69. The summed E-state index contributed by atoms with van der Waals surface area (Å²) < 4.78 is 5.78. The van der Waals surface area contributed by atoms with Crippen molar-refractivity contribution in [1.29, 1.82) is 0 Å². The zero-order valence-corrected chi connectivity index (χ0v) is 9.13. The van der Waals surface area contributed by atoms with Crippen LogP contribution >= 0.6 is 0 Å². The standard InChI is InChI=1S/C12H19NO2/c1-2-11(14)13-8-10-4-7-12(9-15-10)5-3-6-12/h2,10H,1,3-9H2,(H,13,14). The summed E-state index contributed by atoms with van der Waals surface area (Å²) in [6, 6.07) is 0. The van der Waals surface area contributed by atoms with Gasteiger partial charge < -0.3 is 10.1 Å². The molecule has 0 aromatic heterocycles. The Morgan fingerprint density at radius 2 is 2.33 bits per heavy atom.